The Hall–Kier alpha value is -0.890. The summed E-state index contributed by atoms with van der Waals surface area (Å²) in [5.41, 5.74) is 1.43. The number of nitrogens with one attached hydrogen (secondary N) is 1. The molecule has 0 spiro atoms. The number of piperazine rings is 1. The molecule has 0 aliphatic carbocycles. The predicted octanol–water partition coefficient (Wildman–Crippen LogP) is 4.64. The first-order valence-electron chi connectivity index (χ1n) is 10.7. The first kappa shape index (κ1) is 22.8. The monoisotopic (exact) mass is 437 g/mol. The van der Waals surface area contributed by atoms with Crippen LogP contribution in [-0.2, 0) is 0 Å². The van der Waals surface area contributed by atoms with Crippen LogP contribution in [0.4, 0.5) is 10.5 Å². The molecule has 1 aromatic carbocycles. The molecule has 2 aliphatic rings. The predicted molar refractivity (Wildman–Crippen MR) is 126 cm³/mol. The van der Waals surface area contributed by atoms with Gasteiger partial charge in [-0.2, -0.15) is 0 Å². The molecule has 5 nitrogen and oxygen atoms in total. The molecule has 2 atom stereocenters. The normalized spacial score (nSPS) is 24.1. The third-order valence-corrected chi connectivity index (χ3v) is 8.74. The Kier molecular flexibility index (Phi) is 7.81. The van der Waals surface area contributed by atoms with E-state index in [4.69, 9.17) is 0 Å². The summed E-state index contributed by atoms with van der Waals surface area (Å²) in [6, 6.07) is 8.71. The second-order valence-electron chi connectivity index (χ2n) is 8.65. The fourth-order valence-electron chi connectivity index (χ4n) is 4.20. The molecule has 0 unspecified atom stereocenters. The van der Waals surface area contributed by atoms with E-state index in [1.54, 1.807) is 0 Å². The molecule has 0 saturated carbocycles. The van der Waals surface area contributed by atoms with E-state index in [0.29, 0.717) is 17.7 Å². The second kappa shape index (κ2) is 9.94. The van der Waals surface area contributed by atoms with Gasteiger partial charge >= 0.3 is 6.03 Å². The summed E-state index contributed by atoms with van der Waals surface area (Å²) in [6.45, 7) is 10.1. The molecule has 1 aromatic rings. The topological polar surface area (TPSA) is 55.8 Å². The zero-order valence-electron chi connectivity index (χ0n) is 18.1. The molecule has 2 fully saturated rings. The van der Waals surface area contributed by atoms with Gasteiger partial charge in [-0.25, -0.2) is 4.79 Å². The fraction of sp³-hybridized carbons (Fsp3) is 0.682. The molecule has 7 heteroatoms. The van der Waals surface area contributed by atoms with Crippen molar-refractivity contribution < 1.29 is 9.90 Å². The Balaban J connectivity index is 1.68. The van der Waals surface area contributed by atoms with Crippen molar-refractivity contribution in [2.75, 3.05) is 36.5 Å². The summed E-state index contributed by atoms with van der Waals surface area (Å²) < 4.78 is 0.477. The van der Waals surface area contributed by atoms with Gasteiger partial charge in [0.05, 0.1) is 10.2 Å². The van der Waals surface area contributed by atoms with Crippen LogP contribution < -0.4 is 5.32 Å². The molecule has 3 rings (SSSR count). The largest absolute Gasteiger partial charge is 0.389 e. The SMILES string of the molecule is CC[C@H]1CN(C(=O)Nc2cccc(C3SCCS3)c2)[C@@H](CC)CN1CC(C)(C)O. The van der Waals surface area contributed by atoms with Crippen molar-refractivity contribution in [3.63, 3.8) is 0 Å². The summed E-state index contributed by atoms with van der Waals surface area (Å²) in [4.78, 5) is 17.5. The molecule has 162 valence electrons. The zero-order valence-corrected chi connectivity index (χ0v) is 19.7. The van der Waals surface area contributed by atoms with Crippen molar-refractivity contribution in [2.24, 2.45) is 0 Å². The maximum atomic E-state index is 13.2. The van der Waals surface area contributed by atoms with Crippen LogP contribution in [0.1, 0.15) is 50.7 Å². The van der Waals surface area contributed by atoms with Gasteiger partial charge < -0.3 is 15.3 Å². The minimum Gasteiger partial charge on any atom is -0.389 e. The molecule has 2 amide bonds. The van der Waals surface area contributed by atoms with Crippen LogP contribution in [0.3, 0.4) is 0 Å². The van der Waals surface area contributed by atoms with Gasteiger partial charge in [-0.15, -0.1) is 23.5 Å². The summed E-state index contributed by atoms with van der Waals surface area (Å²) >= 11 is 3.95. The summed E-state index contributed by atoms with van der Waals surface area (Å²) in [5.74, 6) is 2.38. The highest BCUT2D eigenvalue weighted by atomic mass is 32.2. The van der Waals surface area contributed by atoms with Gasteiger partial charge in [-0.05, 0) is 44.4 Å². The highest BCUT2D eigenvalue weighted by Gasteiger charge is 2.36. The number of nitrogens with zero attached hydrogens (tertiary/aromatic N) is 2. The Bertz CT molecular complexity index is 689. The molecular weight excluding hydrogens is 402 g/mol. The van der Waals surface area contributed by atoms with Crippen LogP contribution >= 0.6 is 23.5 Å². The van der Waals surface area contributed by atoms with E-state index in [9.17, 15) is 9.90 Å². The van der Waals surface area contributed by atoms with Crippen molar-refractivity contribution in [1.29, 1.82) is 0 Å². The number of aliphatic hydroxyl groups is 1. The lowest BCUT2D eigenvalue weighted by Crippen LogP contribution is -2.62. The molecular formula is C22H35N3O2S2. The summed E-state index contributed by atoms with van der Waals surface area (Å²) in [6.07, 6.45) is 1.86. The Morgan fingerprint density at radius 3 is 2.48 bits per heavy atom. The number of carbonyl (C=O) groups excluding carboxylic acids is 1. The molecule has 2 heterocycles. The minimum absolute atomic E-state index is 0.0120. The quantitative estimate of drug-likeness (QED) is 0.679. The van der Waals surface area contributed by atoms with Crippen molar-refractivity contribution in [1.82, 2.24) is 9.80 Å². The highest BCUT2D eigenvalue weighted by molar-refractivity contribution is 8.19. The standard InChI is InChI=1S/C22H35N3O2S2/c1-5-18-14-25(19(6-2)13-24(18)15-22(3,4)27)21(26)23-17-9-7-8-16(12-17)20-28-10-11-29-20/h7-9,12,18-20,27H,5-6,10-11,13-15H2,1-4H3,(H,23,26)/t18-,19-/m0/s1. The highest BCUT2D eigenvalue weighted by Crippen LogP contribution is 2.45. The van der Waals surface area contributed by atoms with Crippen molar-refractivity contribution in [2.45, 2.75) is 62.8 Å². The molecule has 2 N–H and O–H groups in total. The number of amides is 2. The van der Waals surface area contributed by atoms with Gasteiger partial charge in [-0.3, -0.25) is 4.90 Å². The lowest BCUT2D eigenvalue weighted by molar-refractivity contribution is -0.0173. The Labute approximate surface area is 184 Å². The Morgan fingerprint density at radius 1 is 1.17 bits per heavy atom. The molecule has 29 heavy (non-hydrogen) atoms. The van der Waals surface area contributed by atoms with E-state index >= 15 is 0 Å². The number of hydrogen-bond acceptors (Lipinski definition) is 5. The first-order valence-corrected chi connectivity index (χ1v) is 12.8. The number of thioether (sulfide) groups is 2. The number of rotatable bonds is 6. The van der Waals surface area contributed by atoms with Gasteiger partial charge in [0.25, 0.3) is 0 Å². The van der Waals surface area contributed by atoms with Crippen molar-refractivity contribution in [3.8, 4) is 0 Å². The van der Waals surface area contributed by atoms with E-state index in [1.165, 1.54) is 17.1 Å². The number of anilines is 1. The zero-order chi connectivity index (χ0) is 21.0. The van der Waals surface area contributed by atoms with Crippen molar-refractivity contribution in [3.05, 3.63) is 29.8 Å². The van der Waals surface area contributed by atoms with Crippen LogP contribution in [-0.4, -0.2) is 69.8 Å². The Morgan fingerprint density at radius 2 is 1.86 bits per heavy atom. The summed E-state index contributed by atoms with van der Waals surface area (Å²) in [5, 5.41) is 13.4. The summed E-state index contributed by atoms with van der Waals surface area (Å²) in [7, 11) is 0. The van der Waals surface area contributed by atoms with Crippen LogP contribution in [0.5, 0.6) is 0 Å². The van der Waals surface area contributed by atoms with Gasteiger partial charge in [-0.1, -0.05) is 26.0 Å². The third kappa shape index (κ3) is 6.06. The molecule has 0 radical (unpaired) electrons. The van der Waals surface area contributed by atoms with Crippen LogP contribution in [0.15, 0.2) is 24.3 Å². The van der Waals surface area contributed by atoms with Gasteiger partial charge in [0.1, 0.15) is 0 Å². The maximum absolute atomic E-state index is 13.2. The molecule has 0 aromatic heterocycles. The van der Waals surface area contributed by atoms with E-state index in [0.717, 1.165) is 25.1 Å². The second-order valence-corrected chi connectivity index (χ2v) is 11.4. The fourth-order valence-corrected chi connectivity index (χ4v) is 7.03. The average molecular weight is 438 g/mol. The van der Waals surface area contributed by atoms with E-state index in [2.05, 4.69) is 36.2 Å². The van der Waals surface area contributed by atoms with Crippen LogP contribution in [0, 0.1) is 0 Å². The van der Waals surface area contributed by atoms with Gasteiger partial charge in [0.2, 0.25) is 0 Å². The lowest BCUT2D eigenvalue weighted by atomic mass is 10.00. The smallest absolute Gasteiger partial charge is 0.322 e. The van der Waals surface area contributed by atoms with E-state index < -0.39 is 5.60 Å². The third-order valence-electron chi connectivity index (χ3n) is 5.64. The molecule has 2 aliphatic heterocycles. The number of benzene rings is 1. The van der Waals surface area contributed by atoms with E-state index in [1.807, 2.05) is 54.4 Å². The minimum atomic E-state index is -0.729. The number of hydrogen-bond donors (Lipinski definition) is 2. The van der Waals surface area contributed by atoms with Crippen molar-refractivity contribution >= 4 is 35.2 Å². The van der Waals surface area contributed by atoms with E-state index in [-0.39, 0.29) is 18.1 Å². The van der Waals surface area contributed by atoms with Crippen LogP contribution in [0.25, 0.3) is 0 Å². The maximum Gasteiger partial charge on any atom is 0.322 e. The number of carbonyl (C=O) groups is 1. The number of urea groups is 1. The van der Waals surface area contributed by atoms with Gasteiger partial charge in [0, 0.05) is 48.9 Å². The van der Waals surface area contributed by atoms with Crippen LogP contribution in [0.2, 0.25) is 0 Å². The molecule has 2 saturated heterocycles. The first-order chi connectivity index (χ1) is 13.8. The molecule has 0 bridgehead atoms. The number of β-amino-alcohol motifs (C(OH)–C–C–N with tert-alkyl or cyclic N) is 1. The average Bonchev–Trinajstić information content (AvgIpc) is 3.21. The van der Waals surface area contributed by atoms with Gasteiger partial charge in [0.15, 0.2) is 0 Å². The lowest BCUT2D eigenvalue weighted by Gasteiger charge is -2.47.